The molecule has 2 aliphatic rings. The molecule has 4 nitrogen and oxygen atoms in total. The molecule has 2 saturated heterocycles. The van der Waals surface area contributed by atoms with E-state index in [1.165, 1.54) is 0 Å². The molecule has 0 aromatic heterocycles. The number of sulfonamides is 1. The summed E-state index contributed by atoms with van der Waals surface area (Å²) in [4.78, 5) is 0. The Bertz CT molecular complexity index is 314. The first-order valence-corrected chi connectivity index (χ1v) is 7.42. The van der Waals surface area contributed by atoms with Gasteiger partial charge in [-0.1, -0.05) is 6.92 Å². The highest BCUT2D eigenvalue weighted by Crippen LogP contribution is 2.37. The molecule has 2 N–H and O–H groups in total. The highest BCUT2D eigenvalue weighted by atomic mass is 32.2. The van der Waals surface area contributed by atoms with Crippen molar-refractivity contribution in [1.82, 2.24) is 4.31 Å². The normalized spacial score (nSPS) is 37.1. The lowest BCUT2D eigenvalue weighted by atomic mass is 10.0. The molecule has 88 valence electrons. The molecule has 0 aromatic rings. The van der Waals surface area contributed by atoms with Gasteiger partial charge in [-0.05, 0) is 32.1 Å². The fraction of sp³-hybridized carbons (Fsp3) is 1.00. The molecule has 2 fully saturated rings. The van der Waals surface area contributed by atoms with E-state index in [0.29, 0.717) is 6.42 Å². The Labute approximate surface area is 91.9 Å². The van der Waals surface area contributed by atoms with Crippen molar-refractivity contribution in [3.63, 3.8) is 0 Å². The van der Waals surface area contributed by atoms with Gasteiger partial charge < -0.3 is 5.73 Å². The van der Waals surface area contributed by atoms with E-state index in [-0.39, 0.29) is 23.9 Å². The van der Waals surface area contributed by atoms with Gasteiger partial charge >= 0.3 is 0 Å². The standard InChI is InChI=1S/C10H20N2O2S/c1-2-5-15(13,14)12-9-3-4-10(12)7-8(11)6-9/h8-10H,2-7,11H2,1H3. The molecule has 0 saturated carbocycles. The van der Waals surface area contributed by atoms with E-state index in [1.807, 2.05) is 6.92 Å². The van der Waals surface area contributed by atoms with Crippen molar-refractivity contribution in [3.05, 3.63) is 0 Å². The van der Waals surface area contributed by atoms with Crippen LogP contribution in [-0.4, -0.2) is 36.6 Å². The maximum absolute atomic E-state index is 12.0. The van der Waals surface area contributed by atoms with Gasteiger partial charge in [-0.2, -0.15) is 4.31 Å². The molecule has 0 aliphatic carbocycles. The second-order valence-corrected chi connectivity index (χ2v) is 6.76. The Morgan fingerprint density at radius 3 is 2.27 bits per heavy atom. The molecule has 2 heterocycles. The van der Waals surface area contributed by atoms with E-state index in [2.05, 4.69) is 0 Å². The summed E-state index contributed by atoms with van der Waals surface area (Å²) < 4.78 is 25.8. The van der Waals surface area contributed by atoms with Gasteiger partial charge in [0, 0.05) is 18.1 Å². The first-order chi connectivity index (χ1) is 7.04. The number of fused-ring (bicyclic) bond motifs is 2. The van der Waals surface area contributed by atoms with E-state index in [9.17, 15) is 8.42 Å². The van der Waals surface area contributed by atoms with Crippen LogP contribution in [0.2, 0.25) is 0 Å². The zero-order valence-electron chi connectivity index (χ0n) is 9.22. The number of rotatable bonds is 3. The van der Waals surface area contributed by atoms with Crippen LogP contribution in [0, 0.1) is 0 Å². The predicted molar refractivity (Wildman–Crippen MR) is 59.9 cm³/mol. The van der Waals surface area contributed by atoms with Crippen LogP contribution in [0.1, 0.15) is 39.0 Å². The molecule has 15 heavy (non-hydrogen) atoms. The summed E-state index contributed by atoms with van der Waals surface area (Å²) in [7, 11) is -3.01. The third kappa shape index (κ3) is 2.05. The molecule has 0 spiro atoms. The lowest BCUT2D eigenvalue weighted by Gasteiger charge is -2.36. The van der Waals surface area contributed by atoms with Crippen molar-refractivity contribution in [1.29, 1.82) is 0 Å². The summed E-state index contributed by atoms with van der Waals surface area (Å²) in [5.74, 6) is 0.287. The second-order valence-electron chi connectivity index (χ2n) is 4.76. The third-order valence-electron chi connectivity index (χ3n) is 3.49. The quantitative estimate of drug-likeness (QED) is 0.778. The first-order valence-electron chi connectivity index (χ1n) is 5.81. The summed E-state index contributed by atoms with van der Waals surface area (Å²) in [6, 6.07) is 0.584. The Balaban J connectivity index is 2.18. The average Bonchev–Trinajstić information content (AvgIpc) is 2.40. The summed E-state index contributed by atoms with van der Waals surface area (Å²) in [6.45, 7) is 1.91. The van der Waals surface area contributed by atoms with Crippen LogP contribution in [0.25, 0.3) is 0 Å². The highest BCUT2D eigenvalue weighted by Gasteiger charge is 2.45. The van der Waals surface area contributed by atoms with Crippen LogP contribution in [0.5, 0.6) is 0 Å². The van der Waals surface area contributed by atoms with E-state index < -0.39 is 10.0 Å². The van der Waals surface area contributed by atoms with E-state index in [4.69, 9.17) is 5.73 Å². The zero-order valence-corrected chi connectivity index (χ0v) is 10.0. The molecule has 5 heteroatoms. The predicted octanol–water partition coefficient (Wildman–Crippen LogP) is 0.680. The largest absolute Gasteiger partial charge is 0.328 e. The van der Waals surface area contributed by atoms with Gasteiger partial charge in [-0.3, -0.25) is 0 Å². The van der Waals surface area contributed by atoms with Crippen molar-refractivity contribution < 1.29 is 8.42 Å². The molecule has 0 amide bonds. The molecule has 2 rings (SSSR count). The van der Waals surface area contributed by atoms with Gasteiger partial charge in [0.2, 0.25) is 10.0 Å². The monoisotopic (exact) mass is 232 g/mol. The molecule has 2 unspecified atom stereocenters. The number of piperidine rings is 1. The molecule has 0 radical (unpaired) electrons. The summed E-state index contributed by atoms with van der Waals surface area (Å²) in [5.41, 5.74) is 5.91. The molecular formula is C10H20N2O2S. The topological polar surface area (TPSA) is 63.4 Å². The molecule has 2 bridgehead atoms. The zero-order chi connectivity index (χ0) is 11.1. The lowest BCUT2D eigenvalue weighted by Crippen LogP contribution is -2.50. The van der Waals surface area contributed by atoms with Crippen molar-refractivity contribution in [2.24, 2.45) is 5.73 Å². The Kier molecular flexibility index (Phi) is 3.05. The average molecular weight is 232 g/mol. The van der Waals surface area contributed by atoms with Crippen LogP contribution >= 0.6 is 0 Å². The maximum atomic E-state index is 12.0. The minimum Gasteiger partial charge on any atom is -0.328 e. The fourth-order valence-corrected chi connectivity index (χ4v) is 5.01. The van der Waals surface area contributed by atoms with Crippen molar-refractivity contribution >= 4 is 10.0 Å². The van der Waals surface area contributed by atoms with E-state index in [0.717, 1.165) is 25.7 Å². The Morgan fingerprint density at radius 2 is 1.80 bits per heavy atom. The number of nitrogens with zero attached hydrogens (tertiary/aromatic N) is 1. The second kappa shape index (κ2) is 4.03. The van der Waals surface area contributed by atoms with Crippen molar-refractivity contribution in [2.75, 3.05) is 5.75 Å². The number of hydrogen-bond acceptors (Lipinski definition) is 3. The number of hydrogen-bond donors (Lipinski definition) is 1. The maximum Gasteiger partial charge on any atom is 0.214 e. The van der Waals surface area contributed by atoms with Gasteiger partial charge in [0.1, 0.15) is 0 Å². The van der Waals surface area contributed by atoms with Crippen molar-refractivity contribution in [2.45, 2.75) is 57.2 Å². The lowest BCUT2D eigenvalue weighted by molar-refractivity contribution is 0.227. The molecular weight excluding hydrogens is 212 g/mol. The SMILES string of the molecule is CCCS(=O)(=O)N1C2CCC1CC(N)C2. The molecule has 2 aliphatic heterocycles. The van der Waals surface area contributed by atoms with Gasteiger partial charge in [-0.15, -0.1) is 0 Å². The van der Waals surface area contributed by atoms with Gasteiger partial charge in [0.25, 0.3) is 0 Å². The Hall–Kier alpha value is -0.130. The van der Waals surface area contributed by atoms with Gasteiger partial charge in [0.05, 0.1) is 5.75 Å². The van der Waals surface area contributed by atoms with Gasteiger partial charge in [0.15, 0.2) is 0 Å². The summed E-state index contributed by atoms with van der Waals surface area (Å²) >= 11 is 0. The van der Waals surface area contributed by atoms with Crippen LogP contribution < -0.4 is 5.73 Å². The van der Waals surface area contributed by atoms with Crippen LogP contribution in [0.4, 0.5) is 0 Å². The van der Waals surface area contributed by atoms with E-state index in [1.54, 1.807) is 4.31 Å². The third-order valence-corrected chi connectivity index (χ3v) is 5.65. The van der Waals surface area contributed by atoms with Crippen LogP contribution in [0.3, 0.4) is 0 Å². The van der Waals surface area contributed by atoms with E-state index >= 15 is 0 Å². The minimum absolute atomic E-state index is 0.190. The fourth-order valence-electron chi connectivity index (χ4n) is 2.99. The van der Waals surface area contributed by atoms with Crippen LogP contribution in [-0.2, 0) is 10.0 Å². The number of nitrogens with two attached hydrogens (primary N) is 1. The first kappa shape index (κ1) is 11.4. The van der Waals surface area contributed by atoms with Crippen molar-refractivity contribution in [3.8, 4) is 0 Å². The minimum atomic E-state index is -3.01. The molecule has 2 atom stereocenters. The van der Waals surface area contributed by atoms with Gasteiger partial charge in [-0.25, -0.2) is 8.42 Å². The summed E-state index contributed by atoms with van der Waals surface area (Å²) in [6.07, 6.45) is 4.39. The van der Waals surface area contributed by atoms with Crippen LogP contribution in [0.15, 0.2) is 0 Å². The molecule has 0 aromatic carbocycles. The smallest absolute Gasteiger partial charge is 0.214 e. The summed E-state index contributed by atoms with van der Waals surface area (Å²) in [5, 5.41) is 0. The Morgan fingerprint density at radius 1 is 1.27 bits per heavy atom. The highest BCUT2D eigenvalue weighted by molar-refractivity contribution is 7.89.